The van der Waals surface area contributed by atoms with E-state index in [1.165, 1.54) is 29.6 Å². The largest absolute Gasteiger partial charge is 0.494 e. The van der Waals surface area contributed by atoms with E-state index in [1.54, 1.807) is 7.11 Å². The van der Waals surface area contributed by atoms with Gasteiger partial charge in [0.15, 0.2) is 0 Å². The van der Waals surface area contributed by atoms with Crippen LogP contribution in [0.2, 0.25) is 0 Å². The Bertz CT molecular complexity index is 1050. The molecule has 2 N–H and O–H groups in total. The smallest absolute Gasteiger partial charge is 0.213 e. The van der Waals surface area contributed by atoms with Crippen molar-refractivity contribution in [3.05, 3.63) is 62.0 Å². The molecule has 7 heteroatoms. The fourth-order valence-electron chi connectivity index (χ4n) is 4.07. The average molecular weight is 527 g/mol. The van der Waals surface area contributed by atoms with Gasteiger partial charge < -0.3 is 4.74 Å². The van der Waals surface area contributed by atoms with Gasteiger partial charge in [-0.3, -0.25) is 0 Å². The molecule has 0 radical (unpaired) electrons. The average Bonchev–Trinajstić information content (AvgIpc) is 3.25. The monoisotopic (exact) mass is 525 g/mol. The lowest BCUT2D eigenvalue weighted by atomic mass is 9.96. The third-order valence-corrected chi connectivity index (χ3v) is 7.56. The van der Waals surface area contributed by atoms with Gasteiger partial charge in [0, 0.05) is 0 Å². The van der Waals surface area contributed by atoms with Crippen molar-refractivity contribution in [3.63, 3.8) is 0 Å². The van der Waals surface area contributed by atoms with Crippen LogP contribution in [0.15, 0.2) is 45.3 Å². The lowest BCUT2D eigenvalue weighted by Gasteiger charge is -2.13. The minimum absolute atomic E-state index is 0.137. The van der Waals surface area contributed by atoms with Gasteiger partial charge in [0.1, 0.15) is 5.75 Å². The number of ether oxygens (including phenoxy) is 1. The Labute approximate surface area is 182 Å². The topological polar surface area (TPSA) is 69.4 Å². The summed E-state index contributed by atoms with van der Waals surface area (Å²) in [5.74, 6) is 0.652. The number of sulfonamides is 1. The molecule has 0 atom stereocenters. The highest BCUT2D eigenvalue weighted by Crippen LogP contribution is 2.63. The van der Waals surface area contributed by atoms with Gasteiger partial charge in [-0.2, -0.15) is 0 Å². The Morgan fingerprint density at radius 1 is 1.00 bits per heavy atom. The normalized spacial score (nSPS) is 18.0. The second-order valence-corrected chi connectivity index (χ2v) is 11.1. The Hall–Kier alpha value is -1.15. The maximum Gasteiger partial charge on any atom is 0.213 e. The molecular formula is C21H21Br2NO3S. The Morgan fingerprint density at radius 2 is 1.54 bits per heavy atom. The fraction of sp³-hybridized carbons (Fsp3) is 0.333. The number of benzene rings is 2. The van der Waals surface area contributed by atoms with Crippen molar-refractivity contribution in [2.45, 2.75) is 31.4 Å². The summed E-state index contributed by atoms with van der Waals surface area (Å²) in [5.41, 5.74) is 6.17. The lowest BCUT2D eigenvalue weighted by Crippen LogP contribution is -2.14. The molecule has 0 aromatic heterocycles. The summed E-state index contributed by atoms with van der Waals surface area (Å²) >= 11 is 7.23. The number of methoxy groups -OCH3 is 1. The number of hydrogen-bond donors (Lipinski definition) is 1. The van der Waals surface area contributed by atoms with Gasteiger partial charge in [-0.1, -0.05) is 24.3 Å². The molecule has 4 rings (SSSR count). The van der Waals surface area contributed by atoms with Crippen LogP contribution in [0.3, 0.4) is 0 Å². The minimum atomic E-state index is -3.52. The first-order valence-corrected chi connectivity index (χ1v) is 12.4. The van der Waals surface area contributed by atoms with Crippen molar-refractivity contribution in [1.29, 1.82) is 0 Å². The predicted molar refractivity (Wildman–Crippen MR) is 119 cm³/mol. The number of primary sulfonamides is 1. The third kappa shape index (κ3) is 4.08. The van der Waals surface area contributed by atoms with Gasteiger partial charge in [0.2, 0.25) is 10.0 Å². The molecule has 0 amide bonds. The first-order valence-electron chi connectivity index (χ1n) is 9.05. The summed E-state index contributed by atoms with van der Waals surface area (Å²) in [6.07, 6.45) is 4.68. The van der Waals surface area contributed by atoms with E-state index in [0.29, 0.717) is 11.0 Å². The van der Waals surface area contributed by atoms with Crippen molar-refractivity contribution < 1.29 is 13.2 Å². The number of hydrogen-bond acceptors (Lipinski definition) is 3. The molecule has 4 nitrogen and oxygen atoms in total. The van der Waals surface area contributed by atoms with Gasteiger partial charge in [-0.05, 0) is 103 Å². The Balaban J connectivity index is 1.74. The van der Waals surface area contributed by atoms with E-state index in [1.807, 2.05) is 24.3 Å². The van der Waals surface area contributed by atoms with Gasteiger partial charge in [-0.15, -0.1) is 0 Å². The van der Waals surface area contributed by atoms with Gasteiger partial charge >= 0.3 is 0 Å². The molecule has 0 saturated heterocycles. The summed E-state index contributed by atoms with van der Waals surface area (Å²) in [7, 11) is -1.86. The second-order valence-electron chi connectivity index (χ2n) is 7.79. The van der Waals surface area contributed by atoms with E-state index in [4.69, 9.17) is 9.88 Å². The molecule has 2 aliphatic carbocycles. The standard InChI is InChI=1S/C21H21Br2NO3S/c1-27-20-18(22)8-15(9-19(20)23)17-11-21(6-7-21)10-16(17)14-4-2-13(3-5-14)12-28(24,25)26/h2-5,8-9H,6-7,10-12H2,1H3,(H2,24,25,26). The molecule has 28 heavy (non-hydrogen) atoms. The van der Waals surface area contributed by atoms with Gasteiger partial charge in [0.25, 0.3) is 0 Å². The summed E-state index contributed by atoms with van der Waals surface area (Å²) in [6.45, 7) is 0. The highest BCUT2D eigenvalue weighted by atomic mass is 79.9. The molecule has 0 aliphatic heterocycles. The number of halogens is 2. The van der Waals surface area contributed by atoms with Crippen LogP contribution < -0.4 is 9.88 Å². The molecule has 2 aromatic carbocycles. The maximum absolute atomic E-state index is 11.3. The quantitative estimate of drug-likeness (QED) is 0.559. The van der Waals surface area contributed by atoms with Crippen LogP contribution in [0.1, 0.15) is 42.4 Å². The molecule has 0 bridgehead atoms. The highest BCUT2D eigenvalue weighted by Gasteiger charge is 2.48. The van der Waals surface area contributed by atoms with Gasteiger partial charge in [0.05, 0.1) is 21.8 Å². The van der Waals surface area contributed by atoms with Crippen molar-refractivity contribution in [3.8, 4) is 5.75 Å². The van der Waals surface area contributed by atoms with Crippen molar-refractivity contribution in [2.75, 3.05) is 7.11 Å². The SMILES string of the molecule is COc1c(Br)cc(C2=C(c3ccc(CS(N)(=O)=O)cc3)CC3(CC3)C2)cc1Br. The zero-order valence-corrected chi connectivity index (χ0v) is 19.5. The van der Waals surface area contributed by atoms with E-state index in [0.717, 1.165) is 33.1 Å². The van der Waals surface area contributed by atoms with Crippen LogP contribution in [0, 0.1) is 5.41 Å². The molecule has 148 valence electrons. The van der Waals surface area contributed by atoms with E-state index >= 15 is 0 Å². The van der Waals surface area contributed by atoms with Crippen LogP contribution in [-0.4, -0.2) is 15.5 Å². The van der Waals surface area contributed by atoms with E-state index in [-0.39, 0.29) is 5.75 Å². The number of allylic oxidation sites excluding steroid dienone is 2. The van der Waals surface area contributed by atoms with Crippen LogP contribution >= 0.6 is 31.9 Å². The van der Waals surface area contributed by atoms with Crippen molar-refractivity contribution in [2.24, 2.45) is 10.6 Å². The van der Waals surface area contributed by atoms with Gasteiger partial charge in [-0.25, -0.2) is 13.6 Å². The first kappa shape index (κ1) is 20.1. The summed E-state index contributed by atoms with van der Waals surface area (Å²) < 4.78 is 30.0. The summed E-state index contributed by atoms with van der Waals surface area (Å²) in [5, 5.41) is 5.17. The first-order chi connectivity index (χ1) is 13.2. The minimum Gasteiger partial charge on any atom is -0.494 e. The summed E-state index contributed by atoms with van der Waals surface area (Å²) in [4.78, 5) is 0. The predicted octanol–water partition coefficient (Wildman–Crippen LogP) is 5.49. The van der Waals surface area contributed by atoms with Crippen LogP contribution in [0.4, 0.5) is 0 Å². The van der Waals surface area contributed by atoms with Crippen LogP contribution in [0.5, 0.6) is 5.75 Å². The maximum atomic E-state index is 11.3. The summed E-state index contributed by atoms with van der Waals surface area (Å²) in [6, 6.07) is 12.0. The number of nitrogens with two attached hydrogens (primary N) is 1. The molecule has 0 heterocycles. The molecule has 0 unspecified atom stereocenters. The molecule has 1 saturated carbocycles. The molecular weight excluding hydrogens is 506 g/mol. The van der Waals surface area contributed by atoms with Crippen LogP contribution in [-0.2, 0) is 15.8 Å². The van der Waals surface area contributed by atoms with E-state index < -0.39 is 10.0 Å². The third-order valence-electron chi connectivity index (χ3n) is 5.65. The van der Waals surface area contributed by atoms with Crippen molar-refractivity contribution >= 4 is 53.0 Å². The molecule has 2 aromatic rings. The zero-order chi connectivity index (χ0) is 20.1. The number of rotatable bonds is 5. The highest BCUT2D eigenvalue weighted by molar-refractivity contribution is 9.11. The Morgan fingerprint density at radius 3 is 2.00 bits per heavy atom. The second kappa shape index (κ2) is 7.27. The van der Waals surface area contributed by atoms with E-state index in [9.17, 15) is 8.42 Å². The Kier molecular flexibility index (Phi) is 5.23. The zero-order valence-electron chi connectivity index (χ0n) is 15.5. The molecule has 2 aliphatic rings. The lowest BCUT2D eigenvalue weighted by molar-refractivity contribution is 0.409. The fourth-order valence-corrected chi connectivity index (χ4v) is 6.24. The van der Waals surface area contributed by atoms with Crippen LogP contribution in [0.25, 0.3) is 11.1 Å². The molecule has 1 fully saturated rings. The van der Waals surface area contributed by atoms with E-state index in [2.05, 4.69) is 44.0 Å². The molecule has 1 spiro atoms. The van der Waals surface area contributed by atoms with Crippen molar-refractivity contribution in [1.82, 2.24) is 0 Å².